The quantitative estimate of drug-likeness (QED) is 0.174. The number of nitrogens with zero attached hydrogens (tertiary/aromatic N) is 5. The molecule has 0 aliphatic heterocycles. The topological polar surface area (TPSA) is 103 Å². The minimum absolute atomic E-state index is 0. The van der Waals surface area contributed by atoms with Crippen molar-refractivity contribution in [3.8, 4) is 5.88 Å². The fraction of sp³-hybridized carbons (Fsp3) is 0.536. The van der Waals surface area contributed by atoms with Crippen molar-refractivity contribution in [1.82, 2.24) is 30.2 Å². The third-order valence-electron chi connectivity index (χ3n) is 6.36. The molecule has 0 bridgehead atoms. The number of aromatic nitrogens is 5. The highest BCUT2D eigenvalue weighted by Gasteiger charge is 2.04. The van der Waals surface area contributed by atoms with Crippen molar-refractivity contribution in [3.63, 3.8) is 0 Å². The molecule has 0 fully saturated rings. The Morgan fingerprint density at radius 1 is 0.453 bits per heavy atom. The third-order valence-corrected chi connectivity index (χ3v) is 6.36. The summed E-state index contributed by atoms with van der Waals surface area (Å²) in [6, 6.07) is 23.3. The van der Waals surface area contributed by atoms with Gasteiger partial charge in [0.25, 0.3) is 5.91 Å². The van der Waals surface area contributed by atoms with Gasteiger partial charge in [-0.05, 0) is 105 Å². The maximum atomic E-state index is 11.3. The molecule has 8 nitrogen and oxygen atoms in total. The molecule has 5 aromatic heterocycles. The highest BCUT2D eigenvalue weighted by Crippen LogP contribution is 2.12. The normalized spacial score (nSPS) is 8.14. The number of amides is 1. The molecule has 0 radical (unpaired) electrons. The molecular formula is C56H106N6O2. The Bertz CT molecular complexity index is 1380. The van der Waals surface area contributed by atoms with Crippen molar-refractivity contribution < 1.29 is 9.53 Å². The number of rotatable bonds is 7. The van der Waals surface area contributed by atoms with E-state index in [0.717, 1.165) is 5.69 Å². The molecule has 0 aromatic carbocycles. The summed E-state index contributed by atoms with van der Waals surface area (Å²) >= 11 is 0. The van der Waals surface area contributed by atoms with Gasteiger partial charge in [0.15, 0.2) is 0 Å². The Hall–Kier alpha value is -4.98. The first-order valence-electron chi connectivity index (χ1n) is 21.9. The fourth-order valence-corrected chi connectivity index (χ4v) is 3.69. The molecule has 0 aliphatic carbocycles. The Labute approximate surface area is 400 Å². The maximum Gasteiger partial charge on any atom is 0.251 e. The minimum atomic E-state index is -0.0487. The van der Waals surface area contributed by atoms with E-state index in [9.17, 15) is 4.79 Å². The average Bonchev–Trinajstić information content (AvgIpc) is 3.29. The van der Waals surface area contributed by atoms with Crippen LogP contribution in [0.5, 0.6) is 5.88 Å². The van der Waals surface area contributed by atoms with Gasteiger partial charge in [0.1, 0.15) is 0 Å². The van der Waals surface area contributed by atoms with Crippen molar-refractivity contribution >= 4 is 5.91 Å². The molecule has 8 heteroatoms. The summed E-state index contributed by atoms with van der Waals surface area (Å²) < 4.78 is 5.30. The van der Waals surface area contributed by atoms with Crippen LogP contribution < -0.4 is 10.1 Å². The van der Waals surface area contributed by atoms with Crippen LogP contribution in [0.3, 0.4) is 0 Å². The molecular weight excluding hydrogens is 789 g/mol. The molecule has 64 heavy (non-hydrogen) atoms. The van der Waals surface area contributed by atoms with E-state index in [0.29, 0.717) is 29.2 Å². The predicted molar refractivity (Wildman–Crippen MR) is 292 cm³/mol. The van der Waals surface area contributed by atoms with E-state index in [1.165, 1.54) is 11.1 Å². The van der Waals surface area contributed by atoms with Crippen LogP contribution in [0.25, 0.3) is 0 Å². The third kappa shape index (κ3) is 51.4. The lowest BCUT2D eigenvalue weighted by molar-refractivity contribution is 0.0943. The van der Waals surface area contributed by atoms with Gasteiger partial charge in [-0.25, -0.2) is 4.98 Å². The number of carbonyl (C=O) groups excluding carboxylic acids is 1. The molecule has 0 saturated carbocycles. The fourth-order valence-electron chi connectivity index (χ4n) is 3.69. The van der Waals surface area contributed by atoms with Gasteiger partial charge in [0.2, 0.25) is 5.88 Å². The van der Waals surface area contributed by atoms with E-state index in [1.54, 1.807) is 36.9 Å². The average molecular weight is 896 g/mol. The largest absolute Gasteiger partial charge is 0.475 e. The lowest BCUT2D eigenvalue weighted by Crippen LogP contribution is -2.29. The lowest BCUT2D eigenvalue weighted by Gasteiger charge is -2.07. The number of hydrogen-bond donors (Lipinski definition) is 1. The summed E-state index contributed by atoms with van der Waals surface area (Å²) in [7, 11) is 0. The Balaban J connectivity index is -0.0000000667. The van der Waals surface area contributed by atoms with Crippen LogP contribution in [0, 0.1) is 0 Å². The van der Waals surface area contributed by atoms with E-state index in [4.69, 9.17) is 4.74 Å². The number of hydrogen-bond acceptors (Lipinski definition) is 7. The first-order chi connectivity index (χ1) is 28.4. The molecule has 0 atom stereocenters. The van der Waals surface area contributed by atoms with Gasteiger partial charge in [0.05, 0.1) is 6.10 Å². The molecule has 0 saturated heterocycles. The van der Waals surface area contributed by atoms with Crippen molar-refractivity contribution in [2.75, 3.05) is 0 Å². The SMILES string of the molecule is C.C.C.C.C.CC.CC.CC.CC.CC.CC(C)NC(=O)c1ccncc1.CC(C)Oc1ccccn1.CC(C)c1ccccn1.CC(C)c1cccnc1.CC(C)c1ccncc1. The van der Waals surface area contributed by atoms with Crippen LogP contribution in [-0.4, -0.2) is 43.0 Å². The Morgan fingerprint density at radius 3 is 1.17 bits per heavy atom. The molecule has 5 rings (SSSR count). The lowest BCUT2D eigenvalue weighted by atomic mass is 10.1. The molecule has 5 aromatic rings. The molecule has 372 valence electrons. The maximum absolute atomic E-state index is 11.3. The van der Waals surface area contributed by atoms with Gasteiger partial charge < -0.3 is 10.1 Å². The van der Waals surface area contributed by atoms with Crippen molar-refractivity contribution in [2.45, 2.75) is 206 Å². The number of carbonyl (C=O) groups is 1. The van der Waals surface area contributed by atoms with Gasteiger partial charge in [-0.15, -0.1) is 0 Å². The number of ether oxygens (including phenoxy) is 1. The van der Waals surface area contributed by atoms with Gasteiger partial charge in [-0.2, -0.15) is 0 Å². The zero-order valence-corrected chi connectivity index (χ0v) is 41.0. The second-order valence-electron chi connectivity index (χ2n) is 12.5. The summed E-state index contributed by atoms with van der Waals surface area (Å²) in [5.41, 5.74) is 4.47. The van der Waals surface area contributed by atoms with E-state index < -0.39 is 0 Å². The first-order valence-corrected chi connectivity index (χ1v) is 21.9. The summed E-state index contributed by atoms with van der Waals surface area (Å²) in [5, 5.41) is 2.79. The monoisotopic (exact) mass is 895 g/mol. The standard InChI is InChI=1S/C9H12N2O.C8H11NO.3C8H11N.5C2H6.5CH4/c1-7(2)11-9(12)8-3-5-10-6-4-8;1-7(2)10-8-5-3-4-6-9-8;1-7(2)8-3-5-9-6-4-8;1-7(2)8-4-3-5-9-6-8;1-7(2)8-5-3-4-6-9-8;5*1-2;;;;;/h3-7H,1-2H3,(H,11,12);3-7H,1-2H3;3*3-7H,1-2H3;5*1-2H3;5*1H4. The smallest absolute Gasteiger partial charge is 0.251 e. The van der Waals surface area contributed by atoms with Crippen LogP contribution in [0.15, 0.2) is 122 Å². The van der Waals surface area contributed by atoms with E-state index in [1.807, 2.05) is 176 Å². The summed E-state index contributed by atoms with van der Waals surface area (Å²) in [4.78, 5) is 31.3. The molecule has 0 aliphatic rings. The number of nitrogens with one attached hydrogen (secondary N) is 1. The van der Waals surface area contributed by atoms with Gasteiger partial charge >= 0.3 is 0 Å². The van der Waals surface area contributed by atoms with E-state index >= 15 is 0 Å². The highest BCUT2D eigenvalue weighted by atomic mass is 16.5. The first kappa shape index (κ1) is 82.7. The Kier molecular flexibility index (Phi) is 80.5. The Morgan fingerprint density at radius 2 is 0.891 bits per heavy atom. The van der Waals surface area contributed by atoms with Crippen LogP contribution in [0.2, 0.25) is 0 Å². The summed E-state index contributed by atoms with van der Waals surface area (Å²) in [6.07, 6.45) is 14.3. The van der Waals surface area contributed by atoms with Crippen molar-refractivity contribution in [3.05, 3.63) is 145 Å². The zero-order chi connectivity index (χ0) is 46.4. The second-order valence-corrected chi connectivity index (χ2v) is 12.5. The highest BCUT2D eigenvalue weighted by molar-refractivity contribution is 5.94. The van der Waals surface area contributed by atoms with Crippen LogP contribution >= 0.6 is 0 Å². The second kappa shape index (κ2) is 62.3. The van der Waals surface area contributed by atoms with Crippen LogP contribution in [0.1, 0.15) is 221 Å². The van der Waals surface area contributed by atoms with E-state index in [2.05, 4.69) is 77.8 Å². The molecule has 1 N–H and O–H groups in total. The zero-order valence-electron chi connectivity index (χ0n) is 41.0. The summed E-state index contributed by atoms with van der Waals surface area (Å²) in [5.74, 6) is 2.41. The van der Waals surface area contributed by atoms with Crippen LogP contribution in [0.4, 0.5) is 0 Å². The van der Waals surface area contributed by atoms with Crippen LogP contribution in [-0.2, 0) is 0 Å². The summed E-state index contributed by atoms with van der Waals surface area (Å²) in [6.45, 7) is 40.8. The van der Waals surface area contributed by atoms with E-state index in [-0.39, 0.29) is 55.2 Å². The molecule has 0 unspecified atom stereocenters. The molecule has 0 spiro atoms. The van der Waals surface area contributed by atoms with Gasteiger partial charge in [0, 0.05) is 72.9 Å². The minimum Gasteiger partial charge on any atom is -0.475 e. The number of pyridine rings is 5. The van der Waals surface area contributed by atoms with Crippen molar-refractivity contribution in [2.24, 2.45) is 0 Å². The predicted octanol–water partition coefficient (Wildman–Crippen LogP) is 18.0. The molecule has 5 heterocycles. The van der Waals surface area contributed by atoms with Gasteiger partial charge in [-0.1, -0.05) is 166 Å². The van der Waals surface area contributed by atoms with Crippen molar-refractivity contribution in [1.29, 1.82) is 0 Å². The molecule has 1 amide bonds. The van der Waals surface area contributed by atoms with Gasteiger partial charge in [-0.3, -0.25) is 24.7 Å².